The Hall–Kier alpha value is 0.788. The Bertz CT molecular complexity index is 2590. The van der Waals surface area contributed by atoms with Crippen molar-refractivity contribution in [3.63, 3.8) is 0 Å². The molecular formula is C37H46Ac5N10O16. The van der Waals surface area contributed by atoms with Crippen LogP contribution in [0.2, 0.25) is 0 Å². The van der Waals surface area contributed by atoms with Gasteiger partial charge in [0.1, 0.15) is 55.1 Å². The van der Waals surface area contributed by atoms with Crippen LogP contribution in [0.25, 0.3) is 5.82 Å². The van der Waals surface area contributed by atoms with Crippen LogP contribution >= 0.6 is 0 Å². The van der Waals surface area contributed by atoms with Crippen LogP contribution in [-0.2, 0) is 14.2 Å². The molecule has 4 aromatic heterocycles. The minimum atomic E-state index is -1.79. The van der Waals surface area contributed by atoms with Gasteiger partial charge in [-0.2, -0.15) is 15.1 Å². The van der Waals surface area contributed by atoms with Crippen molar-refractivity contribution in [2.24, 2.45) is 0 Å². The van der Waals surface area contributed by atoms with Gasteiger partial charge in [0.15, 0.2) is 41.3 Å². The van der Waals surface area contributed by atoms with E-state index in [0.717, 1.165) is 26.0 Å². The standard InChI is InChI=1S/C13H13N5O5.C11H13N3O5.C11H12N2O6.2CH4.5Ac/c1-2-13(5-19)10(21)9(20)11(23-13)17-4-3-8(16-12(17)22)18-7-14-6-15-18;1-2-11(5-15)8(17)7(16)9(19-11)14-4-3-6(12)13-10(14)18;1-2-11(5-14)8(17)7(16)9(19-11)13-4-3-6(15)12-10(13)18;;;;;;;/h1,3-4,6-7,9-11,19-21H,5H2;1,3-4,7-9,15-17H,5H2,(H2,12,13,18);1,3-4,7-9,14,16-17H,5H2,(H,12,15,18);2*1H4;;;;;/t9?,10?,11-,13-;2*7?,8?,9-,11-;;;;;;;/m111......./s1. The van der Waals surface area contributed by atoms with E-state index in [1.54, 1.807) is 0 Å². The molecule has 355 valence electrons. The van der Waals surface area contributed by atoms with Gasteiger partial charge in [-0.15, -0.1) is 19.3 Å². The topological polar surface area (TPSA) is 391 Å². The number of terminal acetylenes is 3. The Morgan fingerprint density at radius 3 is 1.34 bits per heavy atom. The third-order valence-electron chi connectivity index (χ3n) is 9.70. The molecule has 0 saturated carbocycles. The van der Waals surface area contributed by atoms with E-state index in [-0.39, 0.29) is 247 Å². The average molecular weight is 2020 g/mol. The van der Waals surface area contributed by atoms with Gasteiger partial charge in [-0.25, -0.2) is 24.0 Å². The molecule has 0 bridgehead atoms. The molecule has 0 spiro atoms. The number of hydrogen-bond donors (Lipinski definition) is 11. The summed E-state index contributed by atoms with van der Waals surface area (Å²) in [6, 6.07) is 3.84. The third-order valence-corrected chi connectivity index (χ3v) is 9.70. The Balaban J connectivity index is -0.000000892. The molecular weight excluding hydrogens is 1980 g/mol. The van der Waals surface area contributed by atoms with Crippen LogP contribution < -0.4 is 28.4 Å². The largest absolute Gasteiger partial charge is 0.392 e. The molecule has 3 saturated heterocycles. The molecule has 4 aromatic rings. The van der Waals surface area contributed by atoms with Crippen molar-refractivity contribution in [2.75, 3.05) is 25.6 Å². The Labute approximate surface area is 566 Å². The quantitative estimate of drug-likeness (QED) is 0.0766. The van der Waals surface area contributed by atoms with Gasteiger partial charge in [-0.1, -0.05) is 32.6 Å². The number of aliphatic hydroxyl groups excluding tert-OH is 9. The first-order valence-electron chi connectivity index (χ1n) is 17.4. The van der Waals surface area contributed by atoms with Crippen LogP contribution in [0.4, 0.5) is 5.82 Å². The van der Waals surface area contributed by atoms with Crippen LogP contribution in [0.15, 0.2) is 68.6 Å². The van der Waals surface area contributed by atoms with E-state index in [1.807, 2.05) is 4.98 Å². The van der Waals surface area contributed by atoms with Crippen molar-refractivity contribution in [1.82, 2.24) is 43.4 Å². The fraction of sp³-hybridized carbons (Fsp3) is 0.459. The molecule has 26 nitrogen and oxygen atoms in total. The molecule has 12 atom stereocenters. The number of anilines is 1. The fourth-order valence-electron chi connectivity index (χ4n) is 6.21. The summed E-state index contributed by atoms with van der Waals surface area (Å²) >= 11 is 0. The van der Waals surface area contributed by atoms with Gasteiger partial charge in [-0.3, -0.25) is 23.5 Å². The van der Waals surface area contributed by atoms with Crippen LogP contribution in [0, 0.1) is 257 Å². The summed E-state index contributed by atoms with van der Waals surface area (Å²) in [7, 11) is 0. The smallest absolute Gasteiger partial charge is 0.351 e. The van der Waals surface area contributed by atoms with Crippen LogP contribution in [-0.4, -0.2) is 163 Å². The minimum absolute atomic E-state index is 0. The number of hydrogen-bond acceptors (Lipinski definition) is 21. The number of nitrogens with one attached hydrogen (secondary N) is 1. The number of aromatic amines is 1. The number of aliphatic hydroxyl groups is 9. The molecule has 0 amide bonds. The SMILES string of the molecule is C.C.C#C[C@]1(CO)O[C@@H](n2ccc(-n3cncn3)nc2=O)C(O)C1O.C#C[C@]1(CO)O[C@@H](n2ccc(=O)[nH]c2=O)C(O)C1O.C#C[C@]1(CO)O[C@@H](n2ccc(N)nc2=O)C(O)C1O.[Ac].[Ac].[Ac].[Ac].[Ac]. The average Bonchev–Trinajstić information content (AvgIpc) is 4.00. The van der Waals surface area contributed by atoms with Crippen molar-refractivity contribution < 1.29 is 280 Å². The van der Waals surface area contributed by atoms with Gasteiger partial charge in [0.25, 0.3) is 5.56 Å². The number of ether oxygens (including phenoxy) is 3. The van der Waals surface area contributed by atoms with Crippen LogP contribution in [0.5, 0.6) is 0 Å². The predicted octanol–water partition coefficient (Wildman–Crippen LogP) is -6.70. The normalized spacial score (nSPS) is 29.3. The molecule has 7 rings (SSSR count). The van der Waals surface area contributed by atoms with Crippen molar-refractivity contribution in [3.8, 4) is 42.8 Å². The first-order chi connectivity index (χ1) is 28.9. The number of nitrogen functional groups attached to an aromatic ring is 1. The molecule has 7 heterocycles. The van der Waals surface area contributed by atoms with E-state index < -0.39 is 115 Å². The monoisotopic (exact) mass is 2020 g/mol. The molecule has 6 unspecified atom stereocenters. The number of nitrogens with two attached hydrogens (primary N) is 1. The summed E-state index contributed by atoms with van der Waals surface area (Å²) in [6.45, 7) is -2.14. The molecule has 5 radical (unpaired) electrons. The maximum absolute atomic E-state index is 12.2. The second kappa shape index (κ2) is 31.6. The Morgan fingerprint density at radius 1 is 0.632 bits per heavy atom. The van der Waals surface area contributed by atoms with Crippen molar-refractivity contribution >= 4 is 5.82 Å². The predicted molar refractivity (Wildman–Crippen MR) is 213 cm³/mol. The van der Waals surface area contributed by atoms with Gasteiger partial charge in [0, 0.05) is 245 Å². The first-order valence-corrected chi connectivity index (χ1v) is 17.4. The zero-order valence-corrected chi connectivity index (χ0v) is 57.8. The maximum atomic E-state index is 12.2. The second-order valence-electron chi connectivity index (χ2n) is 13.3. The summed E-state index contributed by atoms with van der Waals surface area (Å²) < 4.78 is 20.0. The third kappa shape index (κ3) is 15.2. The Kier molecular flexibility index (Phi) is 34.0. The molecule has 0 aliphatic carbocycles. The summed E-state index contributed by atoms with van der Waals surface area (Å²) in [5, 5.41) is 91.1. The zero-order valence-electron chi connectivity index (χ0n) is 34.1. The minimum Gasteiger partial charge on any atom is -0.392 e. The molecule has 12 N–H and O–H groups in total. The summed E-state index contributed by atoms with van der Waals surface area (Å²) in [5.74, 6) is 6.52. The molecule has 3 aliphatic rings. The fourth-order valence-corrected chi connectivity index (χ4v) is 6.21. The first kappa shape index (κ1) is 73.0. The van der Waals surface area contributed by atoms with Crippen molar-refractivity contribution in [2.45, 2.75) is 87.0 Å². The van der Waals surface area contributed by atoms with Gasteiger partial charge in [0.2, 0.25) is 0 Å². The van der Waals surface area contributed by atoms with E-state index in [4.69, 9.17) is 39.2 Å². The van der Waals surface area contributed by atoms with Crippen LogP contribution in [0.3, 0.4) is 0 Å². The summed E-state index contributed by atoms with van der Waals surface area (Å²) in [4.78, 5) is 59.4. The summed E-state index contributed by atoms with van der Waals surface area (Å²) in [5.41, 5.74) is -2.94. The summed E-state index contributed by atoms with van der Waals surface area (Å²) in [6.07, 6.45) is 9.01. The number of H-pyrrole nitrogens is 1. The molecule has 31 heteroatoms. The van der Waals surface area contributed by atoms with E-state index in [1.165, 1.54) is 41.9 Å². The van der Waals surface area contributed by atoms with E-state index in [0.29, 0.717) is 0 Å². The van der Waals surface area contributed by atoms with Crippen molar-refractivity contribution in [3.05, 3.63) is 91.3 Å². The van der Waals surface area contributed by atoms with E-state index >= 15 is 0 Å². The van der Waals surface area contributed by atoms with Gasteiger partial charge in [0.05, 0.1) is 19.8 Å². The molecule has 3 fully saturated rings. The van der Waals surface area contributed by atoms with E-state index in [2.05, 4.69) is 37.8 Å². The van der Waals surface area contributed by atoms with E-state index in [9.17, 15) is 65.1 Å². The Morgan fingerprint density at radius 2 is 1.01 bits per heavy atom. The van der Waals surface area contributed by atoms with Gasteiger partial charge >= 0.3 is 17.1 Å². The number of aromatic nitrogens is 9. The second-order valence-corrected chi connectivity index (χ2v) is 13.3. The van der Waals surface area contributed by atoms with Gasteiger partial charge in [-0.05, 0) is 12.1 Å². The molecule has 3 aliphatic heterocycles. The van der Waals surface area contributed by atoms with Crippen LogP contribution in [0.1, 0.15) is 33.5 Å². The maximum Gasteiger partial charge on any atom is 0.351 e. The number of rotatable bonds is 7. The number of nitrogens with zero attached hydrogens (tertiary/aromatic N) is 8. The zero-order chi connectivity index (χ0) is 45.0. The molecule has 0 aromatic carbocycles. The molecule has 68 heavy (non-hydrogen) atoms. The van der Waals surface area contributed by atoms with Crippen molar-refractivity contribution in [1.29, 1.82) is 0 Å². The van der Waals surface area contributed by atoms with Gasteiger partial charge < -0.3 is 65.9 Å².